The third kappa shape index (κ3) is 4.52. The second kappa shape index (κ2) is 6.46. The van der Waals surface area contributed by atoms with E-state index in [1.807, 2.05) is 19.0 Å². The molecule has 0 saturated carbocycles. The number of nitrogens with two attached hydrogens (primary N) is 1. The molecule has 0 aliphatic heterocycles. The number of halogens is 1. The molecule has 0 atom stereocenters. The Hall–Kier alpha value is -0.700. The average Bonchev–Trinajstić information content (AvgIpc) is 2.27. The molecule has 0 aliphatic rings. The Morgan fingerprint density at radius 2 is 2.17 bits per heavy atom. The molecule has 8 heteroatoms. The molecule has 0 saturated heterocycles. The van der Waals surface area contributed by atoms with E-state index >= 15 is 0 Å². The van der Waals surface area contributed by atoms with Crippen LogP contribution in [0.3, 0.4) is 0 Å². The molecule has 0 spiro atoms. The summed E-state index contributed by atoms with van der Waals surface area (Å²) in [7, 11) is 0.273. The van der Waals surface area contributed by atoms with Crippen molar-refractivity contribution in [2.24, 2.45) is 0 Å². The number of hydrogen-bond acceptors (Lipinski definition) is 5. The summed E-state index contributed by atoms with van der Waals surface area (Å²) in [6.07, 6.45) is 2.19. The molecule has 1 aromatic heterocycles. The van der Waals surface area contributed by atoms with Gasteiger partial charge in [0.15, 0.2) is 0 Å². The van der Waals surface area contributed by atoms with Gasteiger partial charge in [-0.2, -0.15) is 0 Å². The number of nitrogen functional groups attached to an aromatic ring is 1. The second-order valence-electron chi connectivity index (χ2n) is 4.09. The monoisotopic (exact) mass is 336 g/mol. The number of pyridine rings is 1. The minimum atomic E-state index is -3.60. The Labute approximate surface area is 116 Å². The lowest BCUT2D eigenvalue weighted by molar-refractivity contribution is 0.400. The van der Waals surface area contributed by atoms with Gasteiger partial charge in [0, 0.05) is 17.2 Å². The molecule has 1 aromatic rings. The van der Waals surface area contributed by atoms with E-state index in [0.29, 0.717) is 11.0 Å². The third-order valence-electron chi connectivity index (χ3n) is 2.21. The standard InChI is InChI=1S/C10H17BrN4O2S/c1-15(2)5-3-4-14-18(16,17)9-6-8(11)7-13-10(9)12/h6-7,14H,3-5H2,1-2H3,(H2,12,13). The molecule has 0 unspecified atom stereocenters. The third-order valence-corrected chi connectivity index (χ3v) is 4.14. The molecule has 0 fully saturated rings. The molecule has 0 bridgehead atoms. The van der Waals surface area contributed by atoms with Crippen LogP contribution in [0.2, 0.25) is 0 Å². The van der Waals surface area contributed by atoms with Gasteiger partial charge >= 0.3 is 0 Å². The van der Waals surface area contributed by atoms with Crippen molar-refractivity contribution in [2.45, 2.75) is 11.3 Å². The highest BCUT2D eigenvalue weighted by Crippen LogP contribution is 2.20. The first-order valence-corrected chi connectivity index (χ1v) is 7.66. The number of nitrogens with one attached hydrogen (secondary N) is 1. The first-order chi connectivity index (χ1) is 8.33. The Balaban J connectivity index is 2.71. The number of anilines is 1. The van der Waals surface area contributed by atoms with E-state index in [9.17, 15) is 8.42 Å². The summed E-state index contributed by atoms with van der Waals surface area (Å²) in [4.78, 5) is 5.80. The van der Waals surface area contributed by atoms with E-state index in [-0.39, 0.29) is 10.7 Å². The predicted molar refractivity (Wildman–Crippen MR) is 74.7 cm³/mol. The van der Waals surface area contributed by atoms with Crippen LogP contribution < -0.4 is 10.5 Å². The van der Waals surface area contributed by atoms with Gasteiger partial charge in [-0.3, -0.25) is 0 Å². The SMILES string of the molecule is CN(C)CCCNS(=O)(=O)c1cc(Br)cnc1N. The Bertz CT molecular complexity index is 505. The highest BCUT2D eigenvalue weighted by atomic mass is 79.9. The van der Waals surface area contributed by atoms with E-state index in [0.717, 1.165) is 13.0 Å². The molecule has 0 aromatic carbocycles. The summed E-state index contributed by atoms with van der Waals surface area (Å²) >= 11 is 3.17. The lowest BCUT2D eigenvalue weighted by Crippen LogP contribution is -2.28. The molecule has 6 nitrogen and oxygen atoms in total. The Morgan fingerprint density at radius 1 is 1.50 bits per heavy atom. The fraction of sp³-hybridized carbons (Fsp3) is 0.500. The molecule has 0 amide bonds. The number of sulfonamides is 1. The summed E-state index contributed by atoms with van der Waals surface area (Å²) < 4.78 is 27.0. The van der Waals surface area contributed by atoms with Gasteiger partial charge in [-0.05, 0) is 49.1 Å². The molecule has 0 radical (unpaired) electrons. The quantitative estimate of drug-likeness (QED) is 0.745. The average molecular weight is 337 g/mol. The van der Waals surface area contributed by atoms with E-state index in [1.165, 1.54) is 12.3 Å². The number of hydrogen-bond donors (Lipinski definition) is 2. The summed E-state index contributed by atoms with van der Waals surface area (Å²) in [6, 6.07) is 1.44. The minimum Gasteiger partial charge on any atom is -0.383 e. The predicted octanol–water partition coefficient (Wildman–Crippen LogP) is 0.656. The Kier molecular flexibility index (Phi) is 5.51. The zero-order chi connectivity index (χ0) is 13.8. The first-order valence-electron chi connectivity index (χ1n) is 5.38. The number of aromatic nitrogens is 1. The largest absolute Gasteiger partial charge is 0.383 e. The van der Waals surface area contributed by atoms with E-state index < -0.39 is 10.0 Å². The zero-order valence-electron chi connectivity index (χ0n) is 10.4. The fourth-order valence-electron chi connectivity index (χ4n) is 1.33. The van der Waals surface area contributed by atoms with Gasteiger partial charge in [-0.15, -0.1) is 0 Å². The lowest BCUT2D eigenvalue weighted by Gasteiger charge is -2.11. The van der Waals surface area contributed by atoms with Crippen LogP contribution >= 0.6 is 15.9 Å². The molecule has 3 N–H and O–H groups in total. The smallest absolute Gasteiger partial charge is 0.244 e. The van der Waals surface area contributed by atoms with Gasteiger partial charge in [0.05, 0.1) is 0 Å². The van der Waals surface area contributed by atoms with E-state index in [2.05, 4.69) is 25.6 Å². The van der Waals surface area contributed by atoms with Crippen LogP contribution in [0.5, 0.6) is 0 Å². The van der Waals surface area contributed by atoms with Gasteiger partial charge in [-0.1, -0.05) is 0 Å². The molecule has 1 heterocycles. The van der Waals surface area contributed by atoms with Crippen molar-refractivity contribution in [2.75, 3.05) is 32.9 Å². The Morgan fingerprint density at radius 3 is 2.78 bits per heavy atom. The fourth-order valence-corrected chi connectivity index (χ4v) is 2.99. The maximum Gasteiger partial charge on any atom is 0.244 e. The van der Waals surface area contributed by atoms with Crippen LogP contribution in [0.1, 0.15) is 6.42 Å². The number of nitrogens with zero attached hydrogens (tertiary/aromatic N) is 2. The van der Waals surface area contributed by atoms with Crippen LogP contribution in [0.25, 0.3) is 0 Å². The van der Waals surface area contributed by atoms with Crippen molar-refractivity contribution >= 4 is 31.8 Å². The molecule has 18 heavy (non-hydrogen) atoms. The molecular weight excluding hydrogens is 320 g/mol. The number of rotatable bonds is 6. The van der Waals surface area contributed by atoms with Gasteiger partial charge in [0.25, 0.3) is 0 Å². The van der Waals surface area contributed by atoms with Crippen molar-refractivity contribution < 1.29 is 8.42 Å². The summed E-state index contributed by atoms with van der Waals surface area (Å²) in [5.41, 5.74) is 5.57. The highest BCUT2D eigenvalue weighted by molar-refractivity contribution is 9.10. The lowest BCUT2D eigenvalue weighted by atomic mass is 10.4. The van der Waals surface area contributed by atoms with Crippen LogP contribution in [-0.4, -0.2) is 45.5 Å². The van der Waals surface area contributed by atoms with Gasteiger partial charge in [0.2, 0.25) is 10.0 Å². The van der Waals surface area contributed by atoms with Crippen LogP contribution in [0.15, 0.2) is 21.6 Å². The van der Waals surface area contributed by atoms with Crippen molar-refractivity contribution in [3.8, 4) is 0 Å². The molecule has 1 rings (SSSR count). The van der Waals surface area contributed by atoms with Crippen molar-refractivity contribution in [1.29, 1.82) is 0 Å². The van der Waals surface area contributed by atoms with E-state index in [4.69, 9.17) is 5.73 Å². The van der Waals surface area contributed by atoms with Gasteiger partial charge in [0.1, 0.15) is 10.7 Å². The molecular formula is C10H17BrN4O2S. The molecule has 102 valence electrons. The minimum absolute atomic E-state index is 0.00157. The van der Waals surface area contributed by atoms with Gasteiger partial charge < -0.3 is 10.6 Å². The van der Waals surface area contributed by atoms with Crippen molar-refractivity contribution in [3.05, 3.63) is 16.7 Å². The van der Waals surface area contributed by atoms with Crippen molar-refractivity contribution in [1.82, 2.24) is 14.6 Å². The van der Waals surface area contributed by atoms with Crippen molar-refractivity contribution in [3.63, 3.8) is 0 Å². The summed E-state index contributed by atoms with van der Waals surface area (Å²) in [5.74, 6) is -0.00157. The van der Waals surface area contributed by atoms with Crippen LogP contribution in [0, 0.1) is 0 Å². The summed E-state index contributed by atoms with van der Waals surface area (Å²) in [6.45, 7) is 1.18. The normalized spacial score (nSPS) is 12.0. The maximum atomic E-state index is 12.0. The van der Waals surface area contributed by atoms with E-state index in [1.54, 1.807) is 0 Å². The zero-order valence-corrected chi connectivity index (χ0v) is 12.8. The highest BCUT2D eigenvalue weighted by Gasteiger charge is 2.18. The summed E-state index contributed by atoms with van der Waals surface area (Å²) in [5, 5.41) is 0. The first kappa shape index (κ1) is 15.4. The molecule has 0 aliphatic carbocycles. The van der Waals surface area contributed by atoms with Gasteiger partial charge in [-0.25, -0.2) is 18.1 Å². The van der Waals surface area contributed by atoms with Crippen LogP contribution in [-0.2, 0) is 10.0 Å². The maximum absolute atomic E-state index is 12.0. The second-order valence-corrected chi connectivity index (χ2v) is 6.74. The topological polar surface area (TPSA) is 88.3 Å². The van der Waals surface area contributed by atoms with Crippen LogP contribution in [0.4, 0.5) is 5.82 Å².